The minimum atomic E-state index is 0.436. The second-order valence-corrected chi connectivity index (χ2v) is 18.3. The van der Waals surface area contributed by atoms with E-state index in [1.807, 2.05) is 37.2 Å². The number of aromatic nitrogens is 12. The molecule has 7 aromatic rings. The molecule has 0 spiro atoms. The lowest BCUT2D eigenvalue weighted by atomic mass is 10.1. The monoisotopic (exact) mass is 946 g/mol. The lowest BCUT2D eigenvalue weighted by Gasteiger charge is -2.14. The minimum absolute atomic E-state index is 0.436. The Morgan fingerprint density at radius 1 is 0.304 bits per heavy atom. The number of anilines is 3. The van der Waals surface area contributed by atoms with Crippen molar-refractivity contribution >= 4 is 50.9 Å². The zero-order chi connectivity index (χ0) is 47.7. The van der Waals surface area contributed by atoms with Crippen molar-refractivity contribution in [2.24, 2.45) is 0 Å². The van der Waals surface area contributed by atoms with E-state index in [0.29, 0.717) is 53.8 Å². The van der Waals surface area contributed by atoms with Gasteiger partial charge < -0.3 is 45.1 Å². The van der Waals surface area contributed by atoms with Gasteiger partial charge in [0.25, 0.3) is 0 Å². The van der Waals surface area contributed by atoms with Crippen molar-refractivity contribution in [2.45, 2.75) is 174 Å². The standard InChI is InChI=1S/C51H75N15O3/c52-46-43-49(58-34-55-46)64(37-61-43)25-19-13-7-1-4-10-16-22-28-67-40-31-41(68-29-23-17-11-5-2-8-14-20-26-65-38-62-44-47(53)56-35-59-50(44)65)33-42(32-40)69-30-24-18-12-6-3-9-15-21-27-66-39-63-45-48(54)57-36-60-51(45)66/h31-39H,1-30H2,(H2,52,55,58)(H2,53,56,59)(H2,54,57,60). The highest BCUT2D eigenvalue weighted by atomic mass is 16.5. The van der Waals surface area contributed by atoms with Gasteiger partial charge in [-0.2, -0.15) is 0 Å². The Kier molecular flexibility index (Phi) is 20.7. The SMILES string of the molecule is Nc1ncnc2c1ncn2CCCCCCCCCCOc1cc(OCCCCCCCCCCn2cnc3c(N)ncnc32)cc(OCCCCCCCCCCn2cnc3c(N)ncnc32)c1. The zero-order valence-corrected chi connectivity index (χ0v) is 40.7. The Morgan fingerprint density at radius 2 is 0.551 bits per heavy atom. The van der Waals surface area contributed by atoms with Gasteiger partial charge in [-0.25, -0.2) is 44.9 Å². The van der Waals surface area contributed by atoms with Gasteiger partial charge in [0.05, 0.1) is 38.8 Å². The predicted octanol–water partition coefficient (Wildman–Crippen LogP) is 10.5. The molecule has 6 N–H and O–H groups in total. The van der Waals surface area contributed by atoms with E-state index in [-0.39, 0.29) is 0 Å². The van der Waals surface area contributed by atoms with Crippen LogP contribution in [0.4, 0.5) is 17.5 Å². The van der Waals surface area contributed by atoms with Crippen LogP contribution in [0.15, 0.2) is 56.2 Å². The molecule has 0 fully saturated rings. The highest BCUT2D eigenvalue weighted by Gasteiger charge is 2.11. The lowest BCUT2D eigenvalue weighted by Crippen LogP contribution is -2.02. The van der Waals surface area contributed by atoms with Gasteiger partial charge in [0.15, 0.2) is 34.4 Å². The summed E-state index contributed by atoms with van der Waals surface area (Å²) in [6, 6.07) is 6.08. The number of nitrogens with two attached hydrogens (primary N) is 3. The fourth-order valence-corrected chi connectivity index (χ4v) is 8.89. The van der Waals surface area contributed by atoms with Crippen LogP contribution in [-0.2, 0) is 19.6 Å². The molecule has 7 rings (SSSR count). The maximum absolute atomic E-state index is 6.29. The van der Waals surface area contributed by atoms with Crippen LogP contribution < -0.4 is 31.4 Å². The van der Waals surface area contributed by atoms with Crippen LogP contribution >= 0.6 is 0 Å². The number of nitrogens with zero attached hydrogens (tertiary/aromatic N) is 12. The fraction of sp³-hybridized carbons (Fsp3) is 0.588. The molecule has 0 atom stereocenters. The van der Waals surface area contributed by atoms with Gasteiger partial charge in [-0.15, -0.1) is 0 Å². The van der Waals surface area contributed by atoms with Crippen molar-refractivity contribution < 1.29 is 14.2 Å². The zero-order valence-electron chi connectivity index (χ0n) is 40.7. The molecule has 6 aromatic heterocycles. The van der Waals surface area contributed by atoms with Crippen LogP contribution in [-0.4, -0.2) is 78.4 Å². The summed E-state index contributed by atoms with van der Waals surface area (Å²) in [6.45, 7) is 4.75. The van der Waals surface area contributed by atoms with Gasteiger partial charge in [-0.1, -0.05) is 116 Å². The van der Waals surface area contributed by atoms with Gasteiger partial charge >= 0.3 is 0 Å². The Hall–Kier alpha value is -6.33. The van der Waals surface area contributed by atoms with Crippen LogP contribution in [0.5, 0.6) is 17.2 Å². The molecule has 18 nitrogen and oxygen atoms in total. The van der Waals surface area contributed by atoms with Gasteiger partial charge in [0.1, 0.15) is 52.8 Å². The molecule has 0 radical (unpaired) electrons. The average Bonchev–Trinajstić information content (AvgIpc) is 4.10. The maximum atomic E-state index is 6.29. The molecule has 0 saturated heterocycles. The molecule has 0 aliphatic rings. The lowest BCUT2D eigenvalue weighted by molar-refractivity contribution is 0.275. The van der Waals surface area contributed by atoms with Crippen molar-refractivity contribution in [3.8, 4) is 17.2 Å². The number of ether oxygens (including phenoxy) is 3. The van der Waals surface area contributed by atoms with E-state index in [9.17, 15) is 0 Å². The highest BCUT2D eigenvalue weighted by molar-refractivity contribution is 5.82. The number of aryl methyl sites for hydroxylation is 3. The molecule has 0 amide bonds. The largest absolute Gasteiger partial charge is 0.493 e. The summed E-state index contributed by atoms with van der Waals surface area (Å²) in [6.07, 6.45) is 38.2. The molecular formula is C51H75N15O3. The van der Waals surface area contributed by atoms with Gasteiger partial charge in [-0.3, -0.25) is 0 Å². The first-order valence-electron chi connectivity index (χ1n) is 25.8. The Morgan fingerprint density at radius 3 is 0.826 bits per heavy atom. The molecule has 69 heavy (non-hydrogen) atoms. The molecule has 0 saturated carbocycles. The smallest absolute Gasteiger partial charge is 0.165 e. The summed E-state index contributed by atoms with van der Waals surface area (Å²) in [5.41, 5.74) is 22.3. The third kappa shape index (κ3) is 16.1. The van der Waals surface area contributed by atoms with Gasteiger partial charge in [0.2, 0.25) is 0 Å². The second kappa shape index (κ2) is 28.2. The van der Waals surface area contributed by atoms with Crippen molar-refractivity contribution in [2.75, 3.05) is 37.0 Å². The van der Waals surface area contributed by atoms with E-state index in [1.165, 1.54) is 115 Å². The summed E-state index contributed by atoms with van der Waals surface area (Å²) in [7, 11) is 0. The third-order valence-electron chi connectivity index (χ3n) is 12.8. The maximum Gasteiger partial charge on any atom is 0.165 e. The van der Waals surface area contributed by atoms with Crippen LogP contribution in [0.25, 0.3) is 33.5 Å². The van der Waals surface area contributed by atoms with Crippen molar-refractivity contribution in [1.29, 1.82) is 0 Å². The Bertz CT molecular complexity index is 2270. The summed E-state index contributed by atoms with van der Waals surface area (Å²) in [4.78, 5) is 38.3. The quantitative estimate of drug-likeness (QED) is 0.0310. The van der Waals surface area contributed by atoms with Crippen LogP contribution in [0.1, 0.15) is 154 Å². The summed E-state index contributed by atoms with van der Waals surface area (Å²) >= 11 is 0. The first kappa shape index (κ1) is 50.5. The minimum Gasteiger partial charge on any atom is -0.493 e. The Balaban J connectivity index is 0.739. The molecule has 1 aromatic carbocycles. The first-order chi connectivity index (χ1) is 34.0. The van der Waals surface area contributed by atoms with E-state index in [0.717, 1.165) is 112 Å². The topological polar surface area (TPSA) is 237 Å². The molecule has 372 valence electrons. The normalized spacial score (nSPS) is 11.7. The number of unbranched alkanes of at least 4 members (excludes halogenated alkanes) is 21. The van der Waals surface area contributed by atoms with Crippen LogP contribution in [0, 0.1) is 0 Å². The number of nitrogen functional groups attached to an aromatic ring is 3. The number of benzene rings is 1. The van der Waals surface area contributed by atoms with Crippen LogP contribution in [0.3, 0.4) is 0 Å². The van der Waals surface area contributed by atoms with E-state index < -0.39 is 0 Å². The summed E-state index contributed by atoms with van der Waals surface area (Å²) in [5.74, 6) is 3.76. The average molecular weight is 946 g/mol. The van der Waals surface area contributed by atoms with E-state index in [2.05, 4.69) is 58.6 Å². The summed E-state index contributed by atoms with van der Waals surface area (Å²) in [5, 5.41) is 0. The molecule has 18 heteroatoms. The van der Waals surface area contributed by atoms with Gasteiger partial charge in [0, 0.05) is 37.8 Å². The Labute approximate surface area is 406 Å². The fourth-order valence-electron chi connectivity index (χ4n) is 8.89. The van der Waals surface area contributed by atoms with Crippen LogP contribution in [0.2, 0.25) is 0 Å². The summed E-state index contributed by atoms with van der Waals surface area (Å²) < 4.78 is 25.1. The number of fused-ring (bicyclic) bond motifs is 3. The number of hydrogen-bond acceptors (Lipinski definition) is 15. The third-order valence-corrected chi connectivity index (χ3v) is 12.8. The van der Waals surface area contributed by atoms with Crippen molar-refractivity contribution in [1.82, 2.24) is 58.6 Å². The number of rotatable bonds is 36. The number of imidazole rings is 3. The molecule has 0 aliphatic carbocycles. The molecule has 0 bridgehead atoms. The highest BCUT2D eigenvalue weighted by Crippen LogP contribution is 2.29. The van der Waals surface area contributed by atoms with E-state index >= 15 is 0 Å². The molecular weight excluding hydrogens is 871 g/mol. The molecule has 0 unspecified atom stereocenters. The molecule has 0 aliphatic heterocycles. The predicted molar refractivity (Wildman–Crippen MR) is 273 cm³/mol. The second-order valence-electron chi connectivity index (χ2n) is 18.3. The van der Waals surface area contributed by atoms with Gasteiger partial charge in [-0.05, 0) is 38.5 Å². The van der Waals surface area contributed by atoms with E-state index in [1.54, 1.807) is 0 Å². The first-order valence-corrected chi connectivity index (χ1v) is 25.8. The van der Waals surface area contributed by atoms with Crippen molar-refractivity contribution in [3.63, 3.8) is 0 Å². The number of hydrogen-bond donors (Lipinski definition) is 3. The van der Waals surface area contributed by atoms with E-state index in [4.69, 9.17) is 31.4 Å². The molecule has 6 heterocycles. The van der Waals surface area contributed by atoms with Crippen molar-refractivity contribution in [3.05, 3.63) is 56.2 Å².